The number of amides is 1. The van der Waals surface area contributed by atoms with Crippen molar-refractivity contribution in [2.24, 2.45) is 0 Å². The topological polar surface area (TPSA) is 92.7 Å². The van der Waals surface area contributed by atoms with E-state index in [0.29, 0.717) is 12.2 Å². The fourth-order valence-corrected chi connectivity index (χ4v) is 2.94. The molecule has 2 N–H and O–H groups in total. The second-order valence-corrected chi connectivity index (χ2v) is 6.12. The van der Waals surface area contributed by atoms with Gasteiger partial charge in [-0.3, -0.25) is 9.00 Å². The molecule has 6 nitrogen and oxygen atoms in total. The van der Waals surface area contributed by atoms with Crippen LogP contribution in [0.5, 0.6) is 5.75 Å². The van der Waals surface area contributed by atoms with Gasteiger partial charge in [0.05, 0.1) is 12.9 Å². The van der Waals surface area contributed by atoms with E-state index in [4.69, 9.17) is 9.84 Å². The van der Waals surface area contributed by atoms with Crippen LogP contribution in [-0.4, -0.2) is 45.8 Å². The second kappa shape index (κ2) is 8.41. The lowest BCUT2D eigenvalue weighted by Crippen LogP contribution is -2.43. The van der Waals surface area contributed by atoms with E-state index in [2.05, 4.69) is 5.32 Å². The summed E-state index contributed by atoms with van der Waals surface area (Å²) in [6, 6.07) is 6.27. The lowest BCUT2D eigenvalue weighted by atomic mass is 10.2. The van der Waals surface area contributed by atoms with Crippen LogP contribution in [-0.2, 0) is 26.8 Å². The Hall–Kier alpha value is -1.89. The van der Waals surface area contributed by atoms with Gasteiger partial charge in [0.1, 0.15) is 11.8 Å². The Kier molecular flexibility index (Phi) is 6.87. The number of methoxy groups -OCH3 is 1. The summed E-state index contributed by atoms with van der Waals surface area (Å²) >= 11 is 0. The number of carbonyl (C=O) groups excluding carboxylic acids is 1. The third-order valence-electron chi connectivity index (χ3n) is 2.81. The highest BCUT2D eigenvalue weighted by Gasteiger charge is 2.21. The smallest absolute Gasteiger partial charge is 0.327 e. The molecule has 21 heavy (non-hydrogen) atoms. The molecule has 1 amide bonds. The number of carbonyl (C=O) groups is 2. The van der Waals surface area contributed by atoms with Gasteiger partial charge in [0.25, 0.3) is 0 Å². The van der Waals surface area contributed by atoms with Gasteiger partial charge in [-0.25, -0.2) is 4.79 Å². The summed E-state index contributed by atoms with van der Waals surface area (Å²) in [6.07, 6.45) is 0.572. The fraction of sp³-hybridized carbons (Fsp3) is 0.429. The molecule has 1 rings (SSSR count). The van der Waals surface area contributed by atoms with Gasteiger partial charge in [-0.05, 0) is 24.1 Å². The molecule has 116 valence electrons. The minimum Gasteiger partial charge on any atom is -0.497 e. The Labute approximate surface area is 126 Å². The molecular formula is C14H19NO5S. The van der Waals surface area contributed by atoms with Crippen molar-refractivity contribution in [3.63, 3.8) is 0 Å². The van der Waals surface area contributed by atoms with Crippen LogP contribution >= 0.6 is 0 Å². The summed E-state index contributed by atoms with van der Waals surface area (Å²) in [5.41, 5.74) is 0.996. The molecule has 0 fully saturated rings. The standard InChI is InChI=1S/C14H19NO5S/c1-10(16)15-13(14(17)18)9-21(19)8-7-11-3-5-12(20-2)6-4-11/h3-6,13H,7-9H2,1-2H3,(H,15,16)(H,17,18)/t13-,21?/m0/s1. The maximum Gasteiger partial charge on any atom is 0.327 e. The highest BCUT2D eigenvalue weighted by molar-refractivity contribution is 7.85. The molecule has 7 heteroatoms. The molecule has 0 bridgehead atoms. The van der Waals surface area contributed by atoms with Crippen molar-refractivity contribution >= 4 is 22.7 Å². The summed E-state index contributed by atoms with van der Waals surface area (Å²) in [4.78, 5) is 21.8. The Morgan fingerprint density at radius 2 is 1.95 bits per heavy atom. The summed E-state index contributed by atoms with van der Waals surface area (Å²) < 4.78 is 17.0. The Morgan fingerprint density at radius 3 is 2.43 bits per heavy atom. The molecule has 0 aromatic heterocycles. The molecule has 0 spiro atoms. The van der Waals surface area contributed by atoms with Crippen LogP contribution in [0.3, 0.4) is 0 Å². The number of rotatable bonds is 8. The van der Waals surface area contributed by atoms with E-state index >= 15 is 0 Å². The Balaban J connectivity index is 2.48. The van der Waals surface area contributed by atoms with Gasteiger partial charge in [0.15, 0.2) is 0 Å². The molecule has 1 aromatic rings. The molecule has 2 atom stereocenters. The molecule has 0 radical (unpaired) electrons. The SMILES string of the molecule is COc1ccc(CCS(=O)C[C@H](NC(C)=O)C(=O)O)cc1. The van der Waals surface area contributed by atoms with Crippen molar-refractivity contribution in [1.82, 2.24) is 5.32 Å². The zero-order valence-electron chi connectivity index (χ0n) is 12.0. The number of benzene rings is 1. The molecule has 0 aliphatic heterocycles. The first-order chi connectivity index (χ1) is 9.92. The quantitative estimate of drug-likeness (QED) is 0.732. The first-order valence-electron chi connectivity index (χ1n) is 6.40. The third-order valence-corrected chi connectivity index (χ3v) is 4.17. The predicted molar refractivity (Wildman–Crippen MR) is 79.8 cm³/mol. The lowest BCUT2D eigenvalue weighted by molar-refractivity contribution is -0.140. The minimum atomic E-state index is -1.32. The van der Waals surface area contributed by atoms with E-state index in [1.807, 2.05) is 24.3 Å². The van der Waals surface area contributed by atoms with Gasteiger partial charge in [-0.15, -0.1) is 0 Å². The van der Waals surface area contributed by atoms with Crippen molar-refractivity contribution in [2.45, 2.75) is 19.4 Å². The molecule has 0 heterocycles. The second-order valence-electron chi connectivity index (χ2n) is 4.50. The van der Waals surface area contributed by atoms with E-state index in [-0.39, 0.29) is 5.75 Å². The minimum absolute atomic E-state index is 0.0922. The van der Waals surface area contributed by atoms with Crippen LogP contribution in [0, 0.1) is 0 Å². The highest BCUT2D eigenvalue weighted by atomic mass is 32.2. The van der Waals surface area contributed by atoms with Crippen molar-refractivity contribution in [3.8, 4) is 5.75 Å². The number of hydrogen-bond acceptors (Lipinski definition) is 4. The van der Waals surface area contributed by atoms with Gasteiger partial charge in [-0.2, -0.15) is 0 Å². The summed E-state index contributed by atoms with van der Waals surface area (Å²) in [5.74, 6) is -0.630. The summed E-state index contributed by atoms with van der Waals surface area (Å²) in [6.45, 7) is 1.23. The normalized spacial score (nSPS) is 13.2. The zero-order chi connectivity index (χ0) is 15.8. The van der Waals surface area contributed by atoms with Gasteiger partial charge < -0.3 is 15.2 Å². The molecule has 1 unspecified atom stereocenters. The Morgan fingerprint density at radius 1 is 1.33 bits per heavy atom. The molecule has 0 saturated carbocycles. The van der Waals surface area contributed by atoms with Crippen LogP contribution in [0.25, 0.3) is 0 Å². The van der Waals surface area contributed by atoms with Crippen molar-refractivity contribution in [1.29, 1.82) is 0 Å². The molecule has 0 saturated heterocycles. The zero-order valence-corrected chi connectivity index (χ0v) is 12.8. The summed E-state index contributed by atoms with van der Waals surface area (Å²) in [7, 11) is 0.260. The van der Waals surface area contributed by atoms with E-state index in [1.54, 1.807) is 7.11 Å². The predicted octanol–water partition coefficient (Wildman–Crippen LogP) is 0.576. The number of carboxylic acids is 1. The number of aliphatic carboxylic acids is 1. The van der Waals surface area contributed by atoms with Crippen LogP contribution < -0.4 is 10.1 Å². The van der Waals surface area contributed by atoms with E-state index < -0.39 is 28.7 Å². The van der Waals surface area contributed by atoms with Crippen LogP contribution in [0.15, 0.2) is 24.3 Å². The van der Waals surface area contributed by atoms with E-state index in [9.17, 15) is 13.8 Å². The molecule has 0 aliphatic carbocycles. The maximum atomic E-state index is 11.9. The fourth-order valence-electron chi connectivity index (χ4n) is 1.71. The van der Waals surface area contributed by atoms with Crippen molar-refractivity contribution in [2.75, 3.05) is 18.6 Å². The first-order valence-corrected chi connectivity index (χ1v) is 7.89. The van der Waals surface area contributed by atoms with E-state index in [0.717, 1.165) is 11.3 Å². The maximum absolute atomic E-state index is 11.9. The number of hydrogen-bond donors (Lipinski definition) is 2. The van der Waals surface area contributed by atoms with Crippen LogP contribution in [0.4, 0.5) is 0 Å². The number of nitrogens with one attached hydrogen (secondary N) is 1. The van der Waals surface area contributed by atoms with E-state index in [1.165, 1.54) is 6.92 Å². The third kappa shape index (κ3) is 6.40. The molecule has 0 aliphatic rings. The largest absolute Gasteiger partial charge is 0.497 e. The first kappa shape index (κ1) is 17.2. The average Bonchev–Trinajstić information content (AvgIpc) is 2.44. The highest BCUT2D eigenvalue weighted by Crippen LogP contribution is 2.12. The van der Waals surface area contributed by atoms with Gasteiger partial charge in [-0.1, -0.05) is 12.1 Å². The lowest BCUT2D eigenvalue weighted by Gasteiger charge is -2.12. The van der Waals surface area contributed by atoms with Crippen LogP contribution in [0.2, 0.25) is 0 Å². The Bertz CT molecular complexity index is 515. The monoisotopic (exact) mass is 313 g/mol. The van der Waals surface area contributed by atoms with Gasteiger partial charge in [0.2, 0.25) is 5.91 Å². The molecule has 1 aromatic carbocycles. The number of aryl methyl sites for hydroxylation is 1. The average molecular weight is 313 g/mol. The molecular weight excluding hydrogens is 294 g/mol. The van der Waals surface area contributed by atoms with Gasteiger partial charge >= 0.3 is 5.97 Å². The number of ether oxygens (including phenoxy) is 1. The van der Waals surface area contributed by atoms with Gasteiger partial charge in [0, 0.05) is 23.5 Å². The van der Waals surface area contributed by atoms with Crippen molar-refractivity contribution in [3.05, 3.63) is 29.8 Å². The van der Waals surface area contributed by atoms with Crippen LogP contribution in [0.1, 0.15) is 12.5 Å². The summed E-state index contributed by atoms with van der Waals surface area (Å²) in [5, 5.41) is 11.2. The number of carboxylic acid groups (broad SMARTS) is 1. The van der Waals surface area contributed by atoms with Crippen molar-refractivity contribution < 1.29 is 23.6 Å².